The Morgan fingerprint density at radius 3 is 2.50 bits per heavy atom. The van der Waals surface area contributed by atoms with E-state index < -0.39 is 5.97 Å². The van der Waals surface area contributed by atoms with Gasteiger partial charge in [0.2, 0.25) is 0 Å². The molecule has 0 spiro atoms. The average molecular weight is 276 g/mol. The van der Waals surface area contributed by atoms with Crippen LogP contribution in [0.4, 0.5) is 5.69 Å². The van der Waals surface area contributed by atoms with Gasteiger partial charge in [0.15, 0.2) is 0 Å². The highest BCUT2D eigenvalue weighted by Gasteiger charge is 2.10. The summed E-state index contributed by atoms with van der Waals surface area (Å²) in [6.07, 6.45) is 4.87. The van der Waals surface area contributed by atoms with Crippen molar-refractivity contribution in [2.45, 2.75) is 38.6 Å². The minimum atomic E-state index is -0.724. The number of hydrogen-bond donors (Lipinski definition) is 2. The molecule has 0 aromatic heterocycles. The second-order valence-electron chi connectivity index (χ2n) is 5.39. The summed E-state index contributed by atoms with van der Waals surface area (Å²) in [4.78, 5) is 12.8. The third-order valence-corrected chi connectivity index (χ3v) is 3.73. The topological polar surface area (TPSA) is 52.6 Å². The molecule has 0 unspecified atom stereocenters. The highest BCUT2D eigenvalue weighted by Crippen LogP contribution is 2.20. The summed E-state index contributed by atoms with van der Waals surface area (Å²) in [6, 6.07) is 8.71. The molecule has 0 aliphatic carbocycles. The molecule has 0 atom stereocenters. The van der Waals surface area contributed by atoms with Crippen LogP contribution in [0.1, 0.15) is 37.7 Å². The Kier molecular flexibility index (Phi) is 5.87. The molecule has 2 N–H and O–H groups in total. The molecule has 1 aromatic rings. The van der Waals surface area contributed by atoms with E-state index in [4.69, 9.17) is 5.11 Å². The van der Waals surface area contributed by atoms with Gasteiger partial charge in [0.25, 0.3) is 0 Å². The van der Waals surface area contributed by atoms with Crippen molar-refractivity contribution in [3.8, 4) is 0 Å². The van der Waals surface area contributed by atoms with Gasteiger partial charge < -0.3 is 15.3 Å². The molecular formula is C16H24N2O2. The number of carbonyl (C=O) groups is 1. The molecule has 2 rings (SSSR count). The summed E-state index contributed by atoms with van der Waals surface area (Å²) < 4.78 is 0. The number of carboxylic acid groups (broad SMARTS) is 1. The second kappa shape index (κ2) is 7.90. The van der Waals surface area contributed by atoms with E-state index in [0.717, 1.165) is 13.1 Å². The molecular weight excluding hydrogens is 252 g/mol. The van der Waals surface area contributed by atoms with E-state index in [-0.39, 0.29) is 6.42 Å². The molecule has 4 heteroatoms. The molecule has 20 heavy (non-hydrogen) atoms. The van der Waals surface area contributed by atoms with Gasteiger partial charge in [-0.25, -0.2) is 0 Å². The molecule has 1 aliphatic rings. The molecule has 0 amide bonds. The van der Waals surface area contributed by atoms with Gasteiger partial charge in [-0.1, -0.05) is 12.1 Å². The van der Waals surface area contributed by atoms with Gasteiger partial charge >= 0.3 is 5.97 Å². The van der Waals surface area contributed by atoms with Crippen LogP contribution in [-0.2, 0) is 11.3 Å². The van der Waals surface area contributed by atoms with Gasteiger partial charge in [-0.05, 0) is 49.9 Å². The Morgan fingerprint density at radius 2 is 1.85 bits per heavy atom. The van der Waals surface area contributed by atoms with Crippen molar-refractivity contribution in [3.63, 3.8) is 0 Å². The number of benzene rings is 1. The predicted molar refractivity (Wildman–Crippen MR) is 81.1 cm³/mol. The smallest absolute Gasteiger partial charge is 0.303 e. The Labute approximate surface area is 120 Å². The summed E-state index contributed by atoms with van der Waals surface area (Å²) in [5.41, 5.74) is 2.57. The van der Waals surface area contributed by atoms with Crippen LogP contribution in [0.15, 0.2) is 24.3 Å². The zero-order valence-corrected chi connectivity index (χ0v) is 12.0. The second-order valence-corrected chi connectivity index (χ2v) is 5.39. The molecule has 1 heterocycles. The van der Waals surface area contributed by atoms with Crippen molar-refractivity contribution in [3.05, 3.63) is 29.8 Å². The highest BCUT2D eigenvalue weighted by molar-refractivity contribution is 5.66. The van der Waals surface area contributed by atoms with Crippen molar-refractivity contribution in [2.75, 3.05) is 24.5 Å². The standard InChI is InChI=1S/C16H24N2O2/c19-16(20)5-4-10-17-13-14-6-8-15(9-7-14)18-11-2-1-3-12-18/h6-9,17H,1-5,10-13H2,(H,19,20). The van der Waals surface area contributed by atoms with Gasteiger partial charge in [-0.2, -0.15) is 0 Å². The molecule has 1 saturated heterocycles. The van der Waals surface area contributed by atoms with Crippen molar-refractivity contribution in [2.24, 2.45) is 0 Å². The van der Waals surface area contributed by atoms with Crippen LogP contribution in [0.25, 0.3) is 0 Å². The maximum atomic E-state index is 10.4. The van der Waals surface area contributed by atoms with Crippen molar-refractivity contribution >= 4 is 11.7 Å². The number of rotatable bonds is 7. The van der Waals surface area contributed by atoms with Crippen molar-refractivity contribution < 1.29 is 9.90 Å². The fraction of sp³-hybridized carbons (Fsp3) is 0.562. The maximum absolute atomic E-state index is 10.4. The summed E-state index contributed by atoms with van der Waals surface area (Å²) in [7, 11) is 0. The molecule has 4 nitrogen and oxygen atoms in total. The van der Waals surface area contributed by atoms with Gasteiger partial charge in [0.05, 0.1) is 0 Å². The lowest BCUT2D eigenvalue weighted by molar-refractivity contribution is -0.137. The summed E-state index contributed by atoms with van der Waals surface area (Å²) in [5, 5.41) is 11.8. The monoisotopic (exact) mass is 276 g/mol. The minimum absolute atomic E-state index is 0.237. The van der Waals surface area contributed by atoms with E-state index in [1.165, 1.54) is 43.6 Å². The SMILES string of the molecule is O=C(O)CCCNCc1ccc(N2CCCCC2)cc1. The van der Waals surface area contributed by atoms with Crippen molar-refractivity contribution in [1.29, 1.82) is 0 Å². The van der Waals surface area contributed by atoms with Crippen LogP contribution < -0.4 is 10.2 Å². The lowest BCUT2D eigenvalue weighted by atomic mass is 10.1. The number of piperidine rings is 1. The molecule has 0 saturated carbocycles. The van der Waals surface area contributed by atoms with E-state index in [9.17, 15) is 4.79 Å². The summed E-state index contributed by atoms with van der Waals surface area (Å²) >= 11 is 0. The Hall–Kier alpha value is -1.55. The average Bonchev–Trinajstić information content (AvgIpc) is 2.48. The zero-order valence-electron chi connectivity index (χ0n) is 12.0. The van der Waals surface area contributed by atoms with Crippen LogP contribution in [-0.4, -0.2) is 30.7 Å². The maximum Gasteiger partial charge on any atom is 0.303 e. The van der Waals surface area contributed by atoms with E-state index in [1.54, 1.807) is 0 Å². The Bertz CT molecular complexity index is 411. The fourth-order valence-electron chi connectivity index (χ4n) is 2.57. The first-order valence-electron chi connectivity index (χ1n) is 7.52. The summed E-state index contributed by atoms with van der Waals surface area (Å²) in [5.74, 6) is -0.724. The molecule has 1 aliphatic heterocycles. The lowest BCUT2D eigenvalue weighted by Gasteiger charge is -2.28. The fourth-order valence-corrected chi connectivity index (χ4v) is 2.57. The highest BCUT2D eigenvalue weighted by atomic mass is 16.4. The Balaban J connectivity index is 1.72. The largest absolute Gasteiger partial charge is 0.481 e. The van der Waals surface area contributed by atoms with Crippen LogP contribution in [0.5, 0.6) is 0 Å². The van der Waals surface area contributed by atoms with Crippen molar-refractivity contribution in [1.82, 2.24) is 5.32 Å². The predicted octanol–water partition coefficient (Wildman–Crippen LogP) is 2.63. The number of aliphatic carboxylic acids is 1. The quantitative estimate of drug-likeness (QED) is 0.752. The first kappa shape index (κ1) is 14.9. The van der Waals surface area contributed by atoms with Gasteiger partial charge in [0.1, 0.15) is 0 Å². The molecule has 1 fully saturated rings. The number of nitrogens with one attached hydrogen (secondary N) is 1. The molecule has 1 aromatic carbocycles. The normalized spacial score (nSPS) is 15.3. The first-order valence-corrected chi connectivity index (χ1v) is 7.52. The van der Waals surface area contributed by atoms with Crippen LogP contribution in [0.2, 0.25) is 0 Å². The zero-order chi connectivity index (χ0) is 14.2. The number of carboxylic acids is 1. The summed E-state index contributed by atoms with van der Waals surface area (Å²) in [6.45, 7) is 3.90. The van der Waals surface area contributed by atoms with Gasteiger partial charge in [-0.15, -0.1) is 0 Å². The van der Waals surface area contributed by atoms with Gasteiger partial charge in [0, 0.05) is 31.7 Å². The van der Waals surface area contributed by atoms with Crippen LogP contribution in [0.3, 0.4) is 0 Å². The third kappa shape index (κ3) is 4.85. The molecule has 110 valence electrons. The third-order valence-electron chi connectivity index (χ3n) is 3.73. The van der Waals surface area contributed by atoms with E-state index >= 15 is 0 Å². The molecule has 0 radical (unpaired) electrons. The molecule has 0 bridgehead atoms. The van der Waals surface area contributed by atoms with Crippen LogP contribution >= 0.6 is 0 Å². The Morgan fingerprint density at radius 1 is 1.15 bits per heavy atom. The first-order chi connectivity index (χ1) is 9.75. The number of hydrogen-bond acceptors (Lipinski definition) is 3. The number of anilines is 1. The van der Waals surface area contributed by atoms with E-state index in [1.807, 2.05) is 0 Å². The van der Waals surface area contributed by atoms with E-state index in [0.29, 0.717) is 6.42 Å². The van der Waals surface area contributed by atoms with Gasteiger partial charge in [-0.3, -0.25) is 4.79 Å². The lowest BCUT2D eigenvalue weighted by Crippen LogP contribution is -2.29. The number of nitrogens with zero attached hydrogens (tertiary/aromatic N) is 1. The van der Waals surface area contributed by atoms with Crippen LogP contribution in [0, 0.1) is 0 Å². The minimum Gasteiger partial charge on any atom is -0.481 e. The van der Waals surface area contributed by atoms with E-state index in [2.05, 4.69) is 34.5 Å².